The van der Waals surface area contributed by atoms with E-state index in [2.05, 4.69) is 41.6 Å². The van der Waals surface area contributed by atoms with Crippen LogP contribution in [-0.2, 0) is 11.3 Å². The van der Waals surface area contributed by atoms with Gasteiger partial charge in [0.2, 0.25) is 0 Å². The van der Waals surface area contributed by atoms with Crippen LogP contribution in [0.5, 0.6) is 0 Å². The fourth-order valence-electron chi connectivity index (χ4n) is 1.57. The number of thiocarbonyl (C=S) groups is 1. The molecule has 0 fully saturated rings. The van der Waals surface area contributed by atoms with Gasteiger partial charge in [0.05, 0.1) is 6.54 Å². The summed E-state index contributed by atoms with van der Waals surface area (Å²) in [7, 11) is 1.72. The standard InChI is InChI=1S/C13H22N2OS2/c1-11(2)15(10-12-6-4-9-18-12)13(17)14-7-5-8-16-3/h4,6,9,11H,5,7-8,10H2,1-3H3,(H,14,17). The summed E-state index contributed by atoms with van der Waals surface area (Å²) in [6, 6.07) is 4.62. The van der Waals surface area contributed by atoms with E-state index in [1.54, 1.807) is 18.4 Å². The Morgan fingerprint density at radius 3 is 2.89 bits per heavy atom. The molecule has 0 aromatic carbocycles. The summed E-state index contributed by atoms with van der Waals surface area (Å²) in [5.41, 5.74) is 0. The van der Waals surface area contributed by atoms with Crippen LogP contribution in [0, 0.1) is 0 Å². The highest BCUT2D eigenvalue weighted by Crippen LogP contribution is 2.14. The first-order valence-electron chi connectivity index (χ1n) is 6.21. The zero-order valence-corrected chi connectivity index (χ0v) is 12.9. The topological polar surface area (TPSA) is 24.5 Å². The van der Waals surface area contributed by atoms with Gasteiger partial charge in [0, 0.05) is 31.2 Å². The summed E-state index contributed by atoms with van der Waals surface area (Å²) < 4.78 is 5.02. The number of nitrogens with zero attached hydrogens (tertiary/aromatic N) is 1. The Labute approximate surface area is 119 Å². The predicted octanol–water partition coefficient (Wildman–Crippen LogP) is 2.87. The van der Waals surface area contributed by atoms with Crippen LogP contribution in [0.1, 0.15) is 25.1 Å². The van der Waals surface area contributed by atoms with Crippen LogP contribution in [0.3, 0.4) is 0 Å². The van der Waals surface area contributed by atoms with Gasteiger partial charge in [-0.3, -0.25) is 0 Å². The molecule has 1 heterocycles. The molecule has 0 saturated carbocycles. The fourth-order valence-corrected chi connectivity index (χ4v) is 2.65. The highest BCUT2D eigenvalue weighted by atomic mass is 32.1. The van der Waals surface area contributed by atoms with Gasteiger partial charge < -0.3 is 15.0 Å². The van der Waals surface area contributed by atoms with Crippen molar-refractivity contribution in [2.45, 2.75) is 32.9 Å². The molecule has 1 N–H and O–H groups in total. The minimum atomic E-state index is 0.398. The molecule has 102 valence electrons. The molecule has 0 spiro atoms. The van der Waals surface area contributed by atoms with Gasteiger partial charge in [-0.25, -0.2) is 0 Å². The third kappa shape index (κ3) is 5.33. The average Bonchev–Trinajstić information content (AvgIpc) is 2.84. The molecular formula is C13H22N2OS2. The first-order chi connectivity index (χ1) is 8.65. The van der Waals surface area contributed by atoms with E-state index in [9.17, 15) is 0 Å². The molecule has 0 saturated heterocycles. The van der Waals surface area contributed by atoms with Crippen molar-refractivity contribution in [1.29, 1.82) is 0 Å². The molecule has 0 aliphatic carbocycles. The Morgan fingerprint density at radius 2 is 2.33 bits per heavy atom. The Morgan fingerprint density at radius 1 is 1.56 bits per heavy atom. The highest BCUT2D eigenvalue weighted by molar-refractivity contribution is 7.80. The molecule has 0 aliphatic heterocycles. The molecule has 1 aromatic rings. The molecule has 0 unspecified atom stereocenters. The van der Waals surface area contributed by atoms with Crippen molar-refractivity contribution >= 4 is 28.7 Å². The van der Waals surface area contributed by atoms with Crippen molar-refractivity contribution in [3.63, 3.8) is 0 Å². The van der Waals surface area contributed by atoms with Crippen LogP contribution in [0.15, 0.2) is 17.5 Å². The molecule has 1 rings (SSSR count). The maximum absolute atomic E-state index is 5.45. The van der Waals surface area contributed by atoms with Crippen molar-refractivity contribution in [2.24, 2.45) is 0 Å². The molecule has 0 bridgehead atoms. The number of ether oxygens (including phenoxy) is 1. The normalized spacial score (nSPS) is 10.7. The molecular weight excluding hydrogens is 264 g/mol. The third-order valence-corrected chi connectivity index (χ3v) is 3.83. The van der Waals surface area contributed by atoms with Gasteiger partial charge in [0.25, 0.3) is 0 Å². The van der Waals surface area contributed by atoms with Gasteiger partial charge in [-0.2, -0.15) is 0 Å². The SMILES string of the molecule is COCCCNC(=S)N(Cc1cccs1)C(C)C. The third-order valence-electron chi connectivity index (χ3n) is 2.59. The second-order valence-electron chi connectivity index (χ2n) is 4.38. The lowest BCUT2D eigenvalue weighted by molar-refractivity contribution is 0.195. The maximum Gasteiger partial charge on any atom is 0.169 e. The minimum Gasteiger partial charge on any atom is -0.385 e. The first-order valence-corrected chi connectivity index (χ1v) is 7.49. The first kappa shape index (κ1) is 15.4. The number of thiophene rings is 1. The molecule has 18 heavy (non-hydrogen) atoms. The van der Waals surface area contributed by atoms with Crippen molar-refractivity contribution in [1.82, 2.24) is 10.2 Å². The van der Waals surface area contributed by atoms with Crippen molar-refractivity contribution < 1.29 is 4.74 Å². The number of hydrogen-bond acceptors (Lipinski definition) is 3. The zero-order valence-electron chi connectivity index (χ0n) is 11.3. The zero-order chi connectivity index (χ0) is 13.4. The van der Waals surface area contributed by atoms with E-state index >= 15 is 0 Å². The number of hydrogen-bond donors (Lipinski definition) is 1. The summed E-state index contributed by atoms with van der Waals surface area (Å²) in [6.45, 7) is 6.83. The lowest BCUT2D eigenvalue weighted by atomic mass is 10.3. The second kappa shape index (κ2) is 8.45. The quantitative estimate of drug-likeness (QED) is 0.615. The predicted molar refractivity (Wildman–Crippen MR) is 82.1 cm³/mol. The van der Waals surface area contributed by atoms with Gasteiger partial charge in [-0.05, 0) is 43.9 Å². The Balaban J connectivity index is 2.43. The number of rotatable bonds is 7. The van der Waals surface area contributed by atoms with E-state index < -0.39 is 0 Å². The summed E-state index contributed by atoms with van der Waals surface area (Å²) in [5, 5.41) is 6.22. The largest absolute Gasteiger partial charge is 0.385 e. The van der Waals surface area contributed by atoms with E-state index in [-0.39, 0.29) is 0 Å². The van der Waals surface area contributed by atoms with Crippen LogP contribution in [-0.4, -0.2) is 36.3 Å². The summed E-state index contributed by atoms with van der Waals surface area (Å²) >= 11 is 7.22. The Bertz CT molecular complexity index is 339. The van der Waals surface area contributed by atoms with E-state index in [1.807, 2.05) is 0 Å². The van der Waals surface area contributed by atoms with Crippen LogP contribution < -0.4 is 5.32 Å². The molecule has 0 radical (unpaired) electrons. The van der Waals surface area contributed by atoms with Gasteiger partial charge in [0.1, 0.15) is 0 Å². The van der Waals surface area contributed by atoms with E-state index in [1.165, 1.54) is 4.88 Å². The van der Waals surface area contributed by atoms with Crippen LogP contribution in [0.4, 0.5) is 0 Å². The van der Waals surface area contributed by atoms with E-state index in [0.29, 0.717) is 6.04 Å². The fraction of sp³-hybridized carbons (Fsp3) is 0.615. The smallest absolute Gasteiger partial charge is 0.169 e. The maximum atomic E-state index is 5.45. The average molecular weight is 286 g/mol. The molecule has 3 nitrogen and oxygen atoms in total. The van der Waals surface area contributed by atoms with E-state index in [0.717, 1.165) is 31.2 Å². The van der Waals surface area contributed by atoms with E-state index in [4.69, 9.17) is 17.0 Å². The highest BCUT2D eigenvalue weighted by Gasteiger charge is 2.13. The monoisotopic (exact) mass is 286 g/mol. The molecule has 0 aliphatic rings. The Kier molecular flexibility index (Phi) is 7.23. The summed E-state index contributed by atoms with van der Waals surface area (Å²) in [4.78, 5) is 3.55. The van der Waals surface area contributed by atoms with Gasteiger partial charge in [-0.15, -0.1) is 11.3 Å². The van der Waals surface area contributed by atoms with Gasteiger partial charge >= 0.3 is 0 Å². The van der Waals surface area contributed by atoms with Gasteiger partial charge in [0.15, 0.2) is 5.11 Å². The molecule has 1 aromatic heterocycles. The van der Waals surface area contributed by atoms with Gasteiger partial charge in [-0.1, -0.05) is 6.07 Å². The number of nitrogens with one attached hydrogen (secondary N) is 1. The molecule has 5 heteroatoms. The summed E-state index contributed by atoms with van der Waals surface area (Å²) in [6.07, 6.45) is 0.974. The van der Waals surface area contributed by atoms with Crippen LogP contribution in [0.25, 0.3) is 0 Å². The molecule has 0 amide bonds. The van der Waals surface area contributed by atoms with Crippen LogP contribution >= 0.6 is 23.6 Å². The van der Waals surface area contributed by atoms with Crippen molar-refractivity contribution in [3.05, 3.63) is 22.4 Å². The molecule has 0 atom stereocenters. The Hall–Kier alpha value is -0.650. The summed E-state index contributed by atoms with van der Waals surface area (Å²) in [5.74, 6) is 0. The lowest BCUT2D eigenvalue weighted by Gasteiger charge is -2.29. The second-order valence-corrected chi connectivity index (χ2v) is 5.80. The van der Waals surface area contributed by atoms with Crippen molar-refractivity contribution in [3.8, 4) is 0 Å². The minimum absolute atomic E-state index is 0.398. The lowest BCUT2D eigenvalue weighted by Crippen LogP contribution is -2.43. The van der Waals surface area contributed by atoms with Crippen LogP contribution in [0.2, 0.25) is 0 Å². The number of methoxy groups -OCH3 is 1. The van der Waals surface area contributed by atoms with Crippen molar-refractivity contribution in [2.75, 3.05) is 20.3 Å².